The summed E-state index contributed by atoms with van der Waals surface area (Å²) >= 11 is 1.99. The Hall–Kier alpha value is -1.03. The molecule has 2 bridgehead atoms. The first kappa shape index (κ1) is 10.9. The molecule has 3 nitrogen and oxygen atoms in total. The lowest BCUT2D eigenvalue weighted by Crippen LogP contribution is -2.21. The number of hydrogen-bond donors (Lipinski definition) is 0. The Balaban J connectivity index is 1.78. The van der Waals surface area contributed by atoms with Crippen molar-refractivity contribution >= 4 is 23.7 Å². The van der Waals surface area contributed by atoms with Gasteiger partial charge in [-0.2, -0.15) is 11.8 Å². The number of esters is 2. The van der Waals surface area contributed by atoms with Gasteiger partial charge in [-0.1, -0.05) is 23.3 Å². The zero-order valence-corrected chi connectivity index (χ0v) is 10.7. The molecule has 2 aliphatic heterocycles. The van der Waals surface area contributed by atoms with Crippen LogP contribution in [0.4, 0.5) is 0 Å². The third-order valence-corrected chi connectivity index (χ3v) is 5.64. The van der Waals surface area contributed by atoms with Crippen LogP contribution in [-0.4, -0.2) is 23.4 Å². The van der Waals surface area contributed by atoms with Crippen LogP contribution in [0.1, 0.15) is 12.8 Å². The molecular weight excluding hydrogens is 248 g/mol. The molecule has 0 aromatic heterocycles. The van der Waals surface area contributed by atoms with E-state index in [4.69, 9.17) is 4.74 Å². The minimum absolute atomic E-state index is 0.150. The number of carbonyl (C=O) groups excluding carboxylic acids is 2. The van der Waals surface area contributed by atoms with Crippen molar-refractivity contribution in [3.8, 4) is 0 Å². The summed E-state index contributed by atoms with van der Waals surface area (Å²) in [4.78, 5) is 23.6. The summed E-state index contributed by atoms with van der Waals surface area (Å²) in [5.74, 6) is 1.61. The first-order chi connectivity index (χ1) is 8.77. The van der Waals surface area contributed by atoms with Crippen LogP contribution in [0.5, 0.6) is 0 Å². The van der Waals surface area contributed by atoms with Gasteiger partial charge in [0, 0.05) is 11.8 Å². The molecule has 4 heteroatoms. The molecule has 2 heterocycles. The Morgan fingerprint density at radius 2 is 1.56 bits per heavy atom. The van der Waals surface area contributed by atoms with E-state index in [-0.39, 0.29) is 35.6 Å². The highest BCUT2D eigenvalue weighted by molar-refractivity contribution is 7.99. The Labute approximate surface area is 110 Å². The minimum atomic E-state index is -0.301. The zero-order chi connectivity index (χ0) is 12.3. The van der Waals surface area contributed by atoms with Crippen molar-refractivity contribution in [3.63, 3.8) is 0 Å². The van der Waals surface area contributed by atoms with E-state index in [0.29, 0.717) is 0 Å². The maximum atomic E-state index is 11.8. The molecule has 94 valence electrons. The van der Waals surface area contributed by atoms with Crippen LogP contribution in [0, 0.1) is 23.7 Å². The summed E-state index contributed by atoms with van der Waals surface area (Å²) in [6.45, 7) is 0. The fraction of sp³-hybridized carbons (Fsp3) is 0.571. The maximum Gasteiger partial charge on any atom is 0.318 e. The van der Waals surface area contributed by atoms with Gasteiger partial charge < -0.3 is 4.74 Å². The Kier molecular flexibility index (Phi) is 2.25. The molecule has 3 fully saturated rings. The lowest BCUT2D eigenvalue weighted by atomic mass is 9.85. The van der Waals surface area contributed by atoms with E-state index in [2.05, 4.69) is 12.2 Å². The van der Waals surface area contributed by atoms with Crippen LogP contribution in [-0.2, 0) is 14.3 Å². The quantitative estimate of drug-likeness (QED) is 0.380. The molecule has 4 unspecified atom stereocenters. The van der Waals surface area contributed by atoms with Gasteiger partial charge in [-0.05, 0) is 24.3 Å². The summed E-state index contributed by atoms with van der Waals surface area (Å²) < 4.78 is 4.80. The van der Waals surface area contributed by atoms with Crippen LogP contribution in [0.25, 0.3) is 0 Å². The van der Waals surface area contributed by atoms with Crippen molar-refractivity contribution in [2.75, 3.05) is 11.5 Å². The van der Waals surface area contributed by atoms with Crippen LogP contribution >= 0.6 is 11.8 Å². The van der Waals surface area contributed by atoms with Gasteiger partial charge in [0.15, 0.2) is 0 Å². The summed E-state index contributed by atoms with van der Waals surface area (Å²) in [6.07, 6.45) is 6.49. The number of cyclic esters (lactones) is 2. The van der Waals surface area contributed by atoms with Gasteiger partial charge in [0.25, 0.3) is 0 Å². The van der Waals surface area contributed by atoms with Crippen molar-refractivity contribution < 1.29 is 14.3 Å². The smallest absolute Gasteiger partial charge is 0.318 e. The second-order valence-electron chi connectivity index (χ2n) is 5.40. The second-order valence-corrected chi connectivity index (χ2v) is 6.62. The fourth-order valence-corrected chi connectivity index (χ4v) is 4.93. The second kappa shape index (κ2) is 3.73. The van der Waals surface area contributed by atoms with Crippen LogP contribution in [0.2, 0.25) is 0 Å². The summed E-state index contributed by atoms with van der Waals surface area (Å²) in [7, 11) is 0. The maximum absolute atomic E-state index is 11.8. The third kappa shape index (κ3) is 1.27. The number of rotatable bonds is 0. The van der Waals surface area contributed by atoms with Gasteiger partial charge in [-0.15, -0.1) is 0 Å². The highest BCUT2D eigenvalue weighted by atomic mass is 32.2. The molecule has 18 heavy (non-hydrogen) atoms. The predicted octanol–water partition coefficient (Wildman–Crippen LogP) is 1.94. The summed E-state index contributed by atoms with van der Waals surface area (Å²) in [5.41, 5.74) is 2.89. The molecule has 4 rings (SSSR count). The number of ether oxygens (including phenoxy) is 1. The van der Waals surface area contributed by atoms with Crippen LogP contribution in [0.15, 0.2) is 23.3 Å². The number of hydrogen-bond acceptors (Lipinski definition) is 4. The largest absolute Gasteiger partial charge is 0.393 e. The molecule has 2 aliphatic carbocycles. The topological polar surface area (TPSA) is 43.4 Å². The van der Waals surface area contributed by atoms with Crippen molar-refractivity contribution in [1.82, 2.24) is 0 Å². The first-order valence-electron chi connectivity index (χ1n) is 6.51. The molecule has 0 spiro atoms. The average Bonchev–Trinajstić information content (AvgIpc) is 3.02. The van der Waals surface area contributed by atoms with Crippen LogP contribution in [0.3, 0.4) is 0 Å². The van der Waals surface area contributed by atoms with E-state index in [0.717, 1.165) is 12.8 Å². The van der Waals surface area contributed by atoms with E-state index >= 15 is 0 Å². The average molecular weight is 262 g/mol. The summed E-state index contributed by atoms with van der Waals surface area (Å²) in [5, 5.41) is 0. The molecule has 0 aromatic rings. The van der Waals surface area contributed by atoms with Gasteiger partial charge in [0.1, 0.15) is 0 Å². The van der Waals surface area contributed by atoms with E-state index in [1.165, 1.54) is 22.7 Å². The van der Waals surface area contributed by atoms with Crippen LogP contribution < -0.4 is 0 Å². The van der Waals surface area contributed by atoms with E-state index in [1.54, 1.807) is 0 Å². The van der Waals surface area contributed by atoms with Crippen molar-refractivity contribution in [1.29, 1.82) is 0 Å². The van der Waals surface area contributed by atoms with E-state index in [9.17, 15) is 9.59 Å². The van der Waals surface area contributed by atoms with Gasteiger partial charge in [-0.25, -0.2) is 0 Å². The molecule has 2 saturated heterocycles. The van der Waals surface area contributed by atoms with Crippen molar-refractivity contribution in [2.45, 2.75) is 12.8 Å². The fourth-order valence-electron chi connectivity index (χ4n) is 3.94. The molecule has 0 radical (unpaired) electrons. The molecule has 0 aromatic carbocycles. The lowest BCUT2D eigenvalue weighted by molar-refractivity contribution is -0.154. The van der Waals surface area contributed by atoms with Gasteiger partial charge in [0.2, 0.25) is 0 Å². The lowest BCUT2D eigenvalue weighted by Gasteiger charge is -2.20. The van der Waals surface area contributed by atoms with E-state index < -0.39 is 0 Å². The normalized spacial score (nSPS) is 41.6. The molecule has 4 aliphatic rings. The highest BCUT2D eigenvalue weighted by Crippen LogP contribution is 2.57. The highest BCUT2D eigenvalue weighted by Gasteiger charge is 2.60. The third-order valence-electron chi connectivity index (χ3n) is 4.65. The Morgan fingerprint density at radius 3 is 2.11 bits per heavy atom. The molecule has 4 atom stereocenters. The SMILES string of the molecule is O=C1OC(=O)C2C3C=CC(C3=C3CCSCC3)C12. The standard InChI is InChI=1S/C14H14O3S/c15-13-11-8-1-2-9(12(11)14(16)17-13)10(8)7-3-5-18-6-4-7/h1-2,8-9,11-12H,3-6H2. The minimum Gasteiger partial charge on any atom is -0.393 e. The number of allylic oxidation sites excluding steroid dienone is 4. The van der Waals surface area contributed by atoms with Crippen molar-refractivity contribution in [3.05, 3.63) is 23.3 Å². The zero-order valence-electron chi connectivity index (χ0n) is 9.93. The monoisotopic (exact) mass is 262 g/mol. The molecule has 0 N–H and O–H groups in total. The van der Waals surface area contributed by atoms with Crippen molar-refractivity contribution in [2.24, 2.45) is 23.7 Å². The summed E-state index contributed by atoms with van der Waals surface area (Å²) in [6, 6.07) is 0. The Morgan fingerprint density at radius 1 is 1.00 bits per heavy atom. The molecule has 1 saturated carbocycles. The van der Waals surface area contributed by atoms with Gasteiger partial charge in [-0.3, -0.25) is 9.59 Å². The van der Waals surface area contributed by atoms with Gasteiger partial charge in [0.05, 0.1) is 11.8 Å². The first-order valence-corrected chi connectivity index (χ1v) is 7.66. The molecule has 0 amide bonds. The number of thioether (sulfide) groups is 1. The molecular formula is C14H14O3S. The number of fused-ring (bicyclic) bond motifs is 5. The number of carbonyl (C=O) groups is 2. The predicted molar refractivity (Wildman–Crippen MR) is 67.8 cm³/mol. The Bertz CT molecular complexity index is 465. The van der Waals surface area contributed by atoms with Gasteiger partial charge >= 0.3 is 11.9 Å². The van der Waals surface area contributed by atoms with E-state index in [1.807, 2.05) is 11.8 Å².